The lowest BCUT2D eigenvalue weighted by Gasteiger charge is -2.38. The van der Waals surface area contributed by atoms with E-state index in [1.54, 1.807) is 13.2 Å². The molecule has 1 aliphatic rings. The molecule has 2 rings (SSSR count). The molecule has 2 heterocycles. The number of anilines is 1. The first kappa shape index (κ1) is 14.5. The lowest BCUT2D eigenvalue weighted by molar-refractivity contribution is -0.120. The Labute approximate surface area is 119 Å². The van der Waals surface area contributed by atoms with Crippen molar-refractivity contribution in [1.82, 2.24) is 10.3 Å². The molecule has 1 aromatic rings. The van der Waals surface area contributed by atoms with Gasteiger partial charge in [0.15, 0.2) is 0 Å². The molecule has 1 aromatic heterocycles. The first-order chi connectivity index (χ1) is 9.63. The highest BCUT2D eigenvalue weighted by Crippen LogP contribution is 2.24. The highest BCUT2D eigenvalue weighted by Gasteiger charge is 2.23. The summed E-state index contributed by atoms with van der Waals surface area (Å²) >= 11 is 0. The summed E-state index contributed by atoms with van der Waals surface area (Å²) in [5.41, 5.74) is 0.876. The van der Waals surface area contributed by atoms with Gasteiger partial charge in [-0.15, -0.1) is 0 Å². The van der Waals surface area contributed by atoms with Crippen LogP contribution in [0, 0.1) is 5.92 Å². The predicted molar refractivity (Wildman–Crippen MR) is 77.7 cm³/mol. The topological polar surface area (TPSA) is 62.3 Å². The van der Waals surface area contributed by atoms with E-state index in [-0.39, 0.29) is 11.8 Å². The Morgan fingerprint density at radius 1 is 1.55 bits per heavy atom. The van der Waals surface area contributed by atoms with Crippen LogP contribution < -0.4 is 10.2 Å². The Bertz CT molecular complexity index is 467. The van der Waals surface area contributed by atoms with Crippen LogP contribution in [0.1, 0.15) is 31.2 Å². The van der Waals surface area contributed by atoms with E-state index < -0.39 is 0 Å². The van der Waals surface area contributed by atoms with Crippen LogP contribution in [0.3, 0.4) is 0 Å². The largest absolute Gasteiger partial charge is 0.359 e. The third kappa shape index (κ3) is 3.35. The molecule has 0 aliphatic carbocycles. The molecule has 108 valence electrons. The number of amides is 1. The Morgan fingerprint density at radius 2 is 2.30 bits per heavy atom. The van der Waals surface area contributed by atoms with Crippen LogP contribution >= 0.6 is 0 Å². The van der Waals surface area contributed by atoms with Gasteiger partial charge in [-0.25, -0.2) is 4.98 Å². The van der Waals surface area contributed by atoms with Gasteiger partial charge in [-0.3, -0.25) is 4.79 Å². The van der Waals surface area contributed by atoms with E-state index in [4.69, 9.17) is 0 Å². The maximum atomic E-state index is 11.2. The van der Waals surface area contributed by atoms with Gasteiger partial charge in [0.25, 0.3) is 0 Å². The molecule has 1 N–H and O–H groups in total. The molecular weight excluding hydrogens is 254 g/mol. The highest BCUT2D eigenvalue weighted by atomic mass is 16.1. The molecule has 5 heteroatoms. The Morgan fingerprint density at radius 3 is 2.80 bits per heavy atom. The molecule has 20 heavy (non-hydrogen) atoms. The van der Waals surface area contributed by atoms with Gasteiger partial charge in [0, 0.05) is 38.7 Å². The minimum atomic E-state index is -0.260. The number of aldehydes is 1. The normalized spacial score (nSPS) is 16.4. The second kappa shape index (κ2) is 6.50. The quantitative estimate of drug-likeness (QED) is 0.796. The Kier molecular flexibility index (Phi) is 4.71. The minimum absolute atomic E-state index is 0.0454. The number of carbonyl (C=O) groups excluding carboxylic acids is 2. The monoisotopic (exact) mass is 275 g/mol. The maximum absolute atomic E-state index is 11.2. The lowest BCUT2D eigenvalue weighted by atomic mass is 9.96. The van der Waals surface area contributed by atoms with Crippen molar-refractivity contribution in [3.05, 3.63) is 23.9 Å². The van der Waals surface area contributed by atoms with Gasteiger partial charge in [0.1, 0.15) is 12.1 Å². The summed E-state index contributed by atoms with van der Waals surface area (Å²) < 4.78 is 0. The molecule has 0 aromatic carbocycles. The van der Waals surface area contributed by atoms with Crippen LogP contribution in [0.2, 0.25) is 0 Å². The van der Waals surface area contributed by atoms with Crippen LogP contribution in [0.5, 0.6) is 0 Å². The van der Waals surface area contributed by atoms with Gasteiger partial charge < -0.3 is 15.0 Å². The number of aromatic nitrogens is 1. The average molecular weight is 275 g/mol. The number of pyridine rings is 1. The summed E-state index contributed by atoms with van der Waals surface area (Å²) in [6.45, 7) is 4.30. The molecule has 1 fully saturated rings. The van der Waals surface area contributed by atoms with Crippen LogP contribution in [0.15, 0.2) is 18.3 Å². The fourth-order valence-electron chi connectivity index (χ4n) is 2.41. The van der Waals surface area contributed by atoms with E-state index >= 15 is 0 Å². The summed E-state index contributed by atoms with van der Waals surface area (Å²) in [6.07, 6.45) is 3.52. The summed E-state index contributed by atoms with van der Waals surface area (Å²) in [5.74, 6) is 1.38. The van der Waals surface area contributed by atoms with Crippen molar-refractivity contribution in [2.24, 2.45) is 5.92 Å². The number of carbonyl (C=O) groups is 2. The third-order valence-corrected chi connectivity index (χ3v) is 3.71. The minimum Gasteiger partial charge on any atom is -0.359 e. The first-order valence-electron chi connectivity index (χ1n) is 7.00. The smallest absolute Gasteiger partial charge is 0.219 e. The average Bonchev–Trinajstić information content (AvgIpc) is 2.45. The van der Waals surface area contributed by atoms with Crippen LogP contribution in [-0.4, -0.2) is 37.3 Å². The molecule has 0 radical (unpaired) electrons. The summed E-state index contributed by atoms with van der Waals surface area (Å²) in [5, 5.41) is 2.56. The van der Waals surface area contributed by atoms with Crippen LogP contribution in [0.25, 0.3) is 0 Å². The molecule has 0 saturated carbocycles. The van der Waals surface area contributed by atoms with Crippen molar-refractivity contribution in [3.63, 3.8) is 0 Å². The van der Waals surface area contributed by atoms with Gasteiger partial charge >= 0.3 is 0 Å². The van der Waals surface area contributed by atoms with Crippen molar-refractivity contribution in [3.8, 4) is 0 Å². The standard InChI is InChI=1S/C15H21N3O2/c1-11-8-18(9-11)14-5-3-12(7-17-14)13(10-19)4-6-15(20)16-2/h3,5,7,10-11,13H,4,6,8-9H2,1-2H3,(H,16,20). The van der Waals surface area contributed by atoms with E-state index in [9.17, 15) is 9.59 Å². The SMILES string of the molecule is CNC(=O)CCC(C=O)c1ccc(N2CC(C)C2)nc1. The van der Waals surface area contributed by atoms with Crippen molar-refractivity contribution in [2.75, 3.05) is 25.0 Å². The second-order valence-electron chi connectivity index (χ2n) is 5.41. The fraction of sp³-hybridized carbons (Fsp3) is 0.533. The molecule has 1 unspecified atom stereocenters. The number of nitrogens with zero attached hydrogens (tertiary/aromatic N) is 2. The van der Waals surface area contributed by atoms with E-state index in [0.29, 0.717) is 12.8 Å². The van der Waals surface area contributed by atoms with Crippen LogP contribution in [-0.2, 0) is 9.59 Å². The number of hydrogen-bond acceptors (Lipinski definition) is 4. The van der Waals surface area contributed by atoms with E-state index in [1.807, 2.05) is 12.1 Å². The van der Waals surface area contributed by atoms with E-state index in [1.165, 1.54) is 0 Å². The van der Waals surface area contributed by atoms with Gasteiger partial charge in [0.05, 0.1) is 0 Å². The van der Waals surface area contributed by atoms with Gasteiger partial charge in [-0.05, 0) is 24.0 Å². The molecular formula is C15H21N3O2. The van der Waals surface area contributed by atoms with Gasteiger partial charge in [-0.2, -0.15) is 0 Å². The second-order valence-corrected chi connectivity index (χ2v) is 5.41. The lowest BCUT2D eigenvalue weighted by Crippen LogP contribution is -2.45. The van der Waals surface area contributed by atoms with Crippen molar-refractivity contribution in [1.29, 1.82) is 0 Å². The predicted octanol–water partition coefficient (Wildman–Crippen LogP) is 1.35. The molecule has 1 atom stereocenters. The van der Waals surface area contributed by atoms with Gasteiger partial charge in [0.2, 0.25) is 5.91 Å². The van der Waals surface area contributed by atoms with E-state index in [0.717, 1.165) is 36.7 Å². The Balaban J connectivity index is 1.96. The number of rotatable bonds is 6. The first-order valence-corrected chi connectivity index (χ1v) is 7.00. The molecule has 1 amide bonds. The zero-order valence-corrected chi connectivity index (χ0v) is 12.0. The molecule has 5 nitrogen and oxygen atoms in total. The fourth-order valence-corrected chi connectivity index (χ4v) is 2.41. The summed E-state index contributed by atoms with van der Waals surface area (Å²) in [7, 11) is 1.60. The molecule has 1 aliphatic heterocycles. The van der Waals surface area contributed by atoms with E-state index in [2.05, 4.69) is 22.1 Å². The molecule has 0 bridgehead atoms. The zero-order chi connectivity index (χ0) is 14.5. The summed E-state index contributed by atoms with van der Waals surface area (Å²) in [6, 6.07) is 3.89. The van der Waals surface area contributed by atoms with Gasteiger partial charge in [-0.1, -0.05) is 13.0 Å². The van der Waals surface area contributed by atoms with Crippen molar-refractivity contribution < 1.29 is 9.59 Å². The highest BCUT2D eigenvalue weighted by molar-refractivity contribution is 5.76. The van der Waals surface area contributed by atoms with Crippen molar-refractivity contribution >= 4 is 18.0 Å². The zero-order valence-electron chi connectivity index (χ0n) is 12.0. The number of nitrogens with one attached hydrogen (secondary N) is 1. The van der Waals surface area contributed by atoms with Crippen molar-refractivity contribution in [2.45, 2.75) is 25.7 Å². The summed E-state index contributed by atoms with van der Waals surface area (Å²) in [4.78, 5) is 29.0. The molecule has 1 saturated heterocycles. The maximum Gasteiger partial charge on any atom is 0.219 e. The number of hydrogen-bond donors (Lipinski definition) is 1. The van der Waals surface area contributed by atoms with Crippen LogP contribution in [0.4, 0.5) is 5.82 Å². The Hall–Kier alpha value is -1.91. The molecule has 0 spiro atoms. The third-order valence-electron chi connectivity index (χ3n) is 3.71.